The molecule has 1 aromatic rings. The van der Waals surface area contributed by atoms with E-state index < -0.39 is 5.60 Å². The minimum atomic E-state index is -0.900. The van der Waals surface area contributed by atoms with E-state index in [1.54, 1.807) is 7.11 Å². The largest absolute Gasteiger partial charge is 0.497 e. The van der Waals surface area contributed by atoms with Crippen LogP contribution in [0, 0.1) is 73.7 Å². The Morgan fingerprint density at radius 1 is 1.25 bits per heavy atom. The smallest absolute Gasteiger partial charge is 0.130 e. The zero-order chi connectivity index (χ0) is 16.2. The molecule has 2 nitrogen and oxygen atoms in total. The van der Waals surface area contributed by atoms with Crippen LogP contribution in [0.4, 0.5) is 0 Å². The van der Waals surface area contributed by atoms with Crippen LogP contribution in [-0.2, 0) is 6.42 Å². The minimum absolute atomic E-state index is 0. The van der Waals surface area contributed by atoms with Gasteiger partial charge in [-0.05, 0) is 79.5 Å². The normalized spacial score (nSPS) is 39.7. The molecular formula is C21H26AcO2. The molecule has 5 unspecified atom stereocenters. The Hall–Kier alpha value is -0.0184. The fraction of sp³-hybridized carbons (Fsp3) is 0.619. The second kappa shape index (κ2) is 6.61. The van der Waals surface area contributed by atoms with Gasteiger partial charge in [-0.15, -0.1) is 6.42 Å². The Kier molecular flexibility index (Phi) is 5.17. The van der Waals surface area contributed by atoms with Crippen molar-refractivity contribution >= 4 is 0 Å². The average molecular weight is 537 g/mol. The van der Waals surface area contributed by atoms with E-state index in [-0.39, 0.29) is 49.5 Å². The SMILES string of the molecule is C#CC1(O)CCC2C3CCc4cc(OC)ccc4C3CCC21C.[Ac]. The number of benzene rings is 1. The van der Waals surface area contributed by atoms with Crippen LogP contribution < -0.4 is 4.74 Å². The van der Waals surface area contributed by atoms with Gasteiger partial charge in [-0.1, -0.05) is 18.9 Å². The molecule has 3 aliphatic rings. The van der Waals surface area contributed by atoms with E-state index >= 15 is 0 Å². The van der Waals surface area contributed by atoms with Crippen molar-refractivity contribution in [3.63, 3.8) is 0 Å². The first-order valence-electron chi connectivity index (χ1n) is 8.89. The first kappa shape index (κ1) is 18.8. The van der Waals surface area contributed by atoms with Crippen molar-refractivity contribution < 1.29 is 53.9 Å². The van der Waals surface area contributed by atoms with Crippen LogP contribution >= 0.6 is 0 Å². The molecule has 0 bridgehead atoms. The van der Waals surface area contributed by atoms with Crippen molar-refractivity contribution in [1.82, 2.24) is 0 Å². The topological polar surface area (TPSA) is 29.5 Å². The number of hydrogen-bond acceptors (Lipinski definition) is 2. The number of methoxy groups -OCH3 is 1. The second-order valence-electron chi connectivity index (χ2n) is 7.98. The number of aryl methyl sites for hydroxylation is 1. The van der Waals surface area contributed by atoms with Gasteiger partial charge < -0.3 is 9.84 Å². The Morgan fingerprint density at radius 3 is 2.75 bits per heavy atom. The molecule has 0 amide bonds. The number of terminal acetylenes is 1. The molecule has 2 fully saturated rings. The monoisotopic (exact) mass is 537 g/mol. The fourth-order valence-corrected chi connectivity index (χ4v) is 5.94. The molecule has 4 rings (SSSR count). The molecule has 1 aromatic carbocycles. The average Bonchev–Trinajstić information content (AvgIpc) is 2.86. The summed E-state index contributed by atoms with van der Waals surface area (Å²) >= 11 is 0. The summed E-state index contributed by atoms with van der Waals surface area (Å²) in [6.45, 7) is 2.24. The summed E-state index contributed by atoms with van der Waals surface area (Å²) in [6, 6.07) is 6.59. The molecule has 3 heteroatoms. The molecule has 0 aromatic heterocycles. The number of ether oxygens (including phenoxy) is 1. The third-order valence-corrected chi connectivity index (χ3v) is 7.32. The van der Waals surface area contributed by atoms with Gasteiger partial charge >= 0.3 is 0 Å². The Morgan fingerprint density at radius 2 is 2.04 bits per heavy atom. The maximum absolute atomic E-state index is 11.0. The van der Waals surface area contributed by atoms with Crippen LogP contribution in [0.2, 0.25) is 0 Å². The first-order valence-corrected chi connectivity index (χ1v) is 8.89. The summed E-state index contributed by atoms with van der Waals surface area (Å²) in [5.41, 5.74) is 1.97. The zero-order valence-corrected chi connectivity index (χ0v) is 19.5. The molecule has 125 valence electrons. The van der Waals surface area contributed by atoms with Crippen LogP contribution in [0.5, 0.6) is 5.75 Å². The van der Waals surface area contributed by atoms with Crippen LogP contribution in [-0.4, -0.2) is 17.8 Å². The minimum Gasteiger partial charge on any atom is -0.497 e. The van der Waals surface area contributed by atoms with Crippen molar-refractivity contribution in [2.75, 3.05) is 7.11 Å². The molecule has 0 spiro atoms. The number of rotatable bonds is 1. The molecule has 0 saturated heterocycles. The molecule has 1 N–H and O–H groups in total. The summed E-state index contributed by atoms with van der Waals surface area (Å²) < 4.78 is 5.39. The summed E-state index contributed by atoms with van der Waals surface area (Å²) in [5, 5.41) is 11.0. The summed E-state index contributed by atoms with van der Waals surface area (Å²) in [4.78, 5) is 0. The molecular weight excluding hydrogens is 511 g/mol. The third kappa shape index (κ3) is 2.52. The molecule has 1 radical (unpaired) electrons. The van der Waals surface area contributed by atoms with Gasteiger partial charge in [-0.2, -0.15) is 0 Å². The standard InChI is InChI=1S/C21H26O2.Ac/c1-4-21(22)12-10-19-18-7-5-14-13-15(23-3)6-8-16(14)17(18)9-11-20(19,21)2;/h1,6,8,13,17-19,22H,5,7,9-12H2,2-3H3;. The molecule has 0 aliphatic heterocycles. The zero-order valence-electron chi connectivity index (χ0n) is 14.7. The maximum Gasteiger partial charge on any atom is 0.130 e. The van der Waals surface area contributed by atoms with E-state index in [9.17, 15) is 5.11 Å². The Bertz CT molecular complexity index is 679. The molecule has 0 heterocycles. The van der Waals surface area contributed by atoms with Gasteiger partial charge in [-0.3, -0.25) is 0 Å². The van der Waals surface area contributed by atoms with Gasteiger partial charge in [0.2, 0.25) is 0 Å². The van der Waals surface area contributed by atoms with Gasteiger partial charge in [0.15, 0.2) is 0 Å². The van der Waals surface area contributed by atoms with E-state index in [0.717, 1.165) is 37.9 Å². The van der Waals surface area contributed by atoms with Crippen molar-refractivity contribution in [3.05, 3.63) is 29.3 Å². The predicted molar refractivity (Wildman–Crippen MR) is 91.4 cm³/mol. The molecule has 2 saturated carbocycles. The number of hydrogen-bond donors (Lipinski definition) is 1. The van der Waals surface area contributed by atoms with Crippen LogP contribution in [0.1, 0.15) is 56.1 Å². The van der Waals surface area contributed by atoms with Crippen LogP contribution in [0.15, 0.2) is 18.2 Å². The van der Waals surface area contributed by atoms with Crippen molar-refractivity contribution in [3.8, 4) is 18.1 Å². The van der Waals surface area contributed by atoms with Crippen molar-refractivity contribution in [2.24, 2.45) is 17.3 Å². The molecule has 24 heavy (non-hydrogen) atoms. The van der Waals surface area contributed by atoms with Crippen LogP contribution in [0.25, 0.3) is 0 Å². The summed E-state index contributed by atoms with van der Waals surface area (Å²) in [5.74, 6) is 5.56. The Labute approximate surface area is 181 Å². The van der Waals surface area contributed by atoms with Gasteiger partial charge in [-0.25, -0.2) is 0 Å². The Balaban J connectivity index is 0.00000169. The number of fused-ring (bicyclic) bond motifs is 5. The van der Waals surface area contributed by atoms with Gasteiger partial charge in [0.05, 0.1) is 7.11 Å². The molecule has 5 atom stereocenters. The fourth-order valence-electron chi connectivity index (χ4n) is 5.94. The van der Waals surface area contributed by atoms with E-state index in [1.807, 2.05) is 0 Å². The van der Waals surface area contributed by atoms with Crippen LogP contribution in [0.3, 0.4) is 0 Å². The van der Waals surface area contributed by atoms with E-state index in [1.165, 1.54) is 17.5 Å². The summed E-state index contributed by atoms with van der Waals surface area (Å²) in [6.07, 6.45) is 12.1. The quantitative estimate of drug-likeness (QED) is 0.551. The third-order valence-electron chi connectivity index (χ3n) is 7.32. The molecule has 3 aliphatic carbocycles. The van der Waals surface area contributed by atoms with Gasteiger partial charge in [0, 0.05) is 49.5 Å². The number of aliphatic hydroxyl groups is 1. The van der Waals surface area contributed by atoms with E-state index in [0.29, 0.717) is 17.8 Å². The second-order valence-corrected chi connectivity index (χ2v) is 7.98. The van der Waals surface area contributed by atoms with E-state index in [2.05, 4.69) is 31.0 Å². The maximum atomic E-state index is 11.0. The van der Waals surface area contributed by atoms with Crippen molar-refractivity contribution in [1.29, 1.82) is 0 Å². The summed E-state index contributed by atoms with van der Waals surface area (Å²) in [7, 11) is 1.73. The first-order chi connectivity index (χ1) is 11.0. The van der Waals surface area contributed by atoms with E-state index in [4.69, 9.17) is 11.2 Å². The van der Waals surface area contributed by atoms with Gasteiger partial charge in [0.1, 0.15) is 11.4 Å². The predicted octanol–water partition coefficient (Wildman–Crippen LogP) is 3.92. The van der Waals surface area contributed by atoms with Crippen molar-refractivity contribution in [2.45, 2.75) is 57.0 Å². The van der Waals surface area contributed by atoms with Gasteiger partial charge in [0.25, 0.3) is 0 Å².